The monoisotopic (exact) mass is 359 g/mol. The van der Waals surface area contributed by atoms with E-state index in [9.17, 15) is 9.59 Å². The number of esters is 1. The van der Waals surface area contributed by atoms with E-state index in [1.165, 1.54) is 28.3 Å². The lowest BCUT2D eigenvalue weighted by Crippen LogP contribution is -2.13. The second-order valence-electron chi connectivity index (χ2n) is 5.44. The number of carbonyl (C=O) groups is 2. The van der Waals surface area contributed by atoms with Gasteiger partial charge in [0.1, 0.15) is 5.75 Å². The molecule has 138 valence electrons. The fourth-order valence-electron chi connectivity index (χ4n) is 2.41. The molecule has 0 aliphatic heterocycles. The number of rotatable bonds is 6. The Hall–Kier alpha value is -3.22. The van der Waals surface area contributed by atoms with Gasteiger partial charge in [-0.1, -0.05) is 0 Å². The predicted molar refractivity (Wildman–Crippen MR) is 96.5 cm³/mol. The summed E-state index contributed by atoms with van der Waals surface area (Å²) in [5, 5.41) is 2.82. The summed E-state index contributed by atoms with van der Waals surface area (Å²) < 4.78 is 20.8. The van der Waals surface area contributed by atoms with E-state index in [1.807, 2.05) is 0 Å². The Morgan fingerprint density at radius 3 is 2.00 bits per heavy atom. The first kappa shape index (κ1) is 19.1. The van der Waals surface area contributed by atoms with Crippen molar-refractivity contribution in [3.8, 4) is 23.0 Å². The molecule has 2 aromatic rings. The highest BCUT2D eigenvalue weighted by Gasteiger charge is 2.17. The van der Waals surface area contributed by atoms with Gasteiger partial charge in [0.15, 0.2) is 11.5 Å². The van der Waals surface area contributed by atoms with Gasteiger partial charge < -0.3 is 24.3 Å². The number of aryl methyl sites for hydroxylation is 1. The van der Waals surface area contributed by atoms with Crippen molar-refractivity contribution in [3.63, 3.8) is 0 Å². The molecule has 0 saturated carbocycles. The number of methoxy groups -OCH3 is 3. The minimum atomic E-state index is -0.404. The highest BCUT2D eigenvalue weighted by Crippen LogP contribution is 2.38. The SMILES string of the molecule is COc1cc(C(=O)Nc2ccc(OC(C)=O)cc2C)cc(OC)c1OC. The topological polar surface area (TPSA) is 83.1 Å². The second kappa shape index (κ2) is 8.24. The molecule has 0 bridgehead atoms. The second-order valence-corrected chi connectivity index (χ2v) is 5.44. The smallest absolute Gasteiger partial charge is 0.308 e. The van der Waals surface area contributed by atoms with Crippen molar-refractivity contribution in [1.82, 2.24) is 0 Å². The van der Waals surface area contributed by atoms with Crippen molar-refractivity contribution in [2.75, 3.05) is 26.6 Å². The molecule has 0 atom stereocenters. The quantitative estimate of drug-likeness (QED) is 0.630. The van der Waals surface area contributed by atoms with E-state index in [0.717, 1.165) is 5.56 Å². The number of amides is 1. The van der Waals surface area contributed by atoms with Crippen LogP contribution in [-0.4, -0.2) is 33.2 Å². The minimum absolute atomic E-state index is 0.340. The summed E-state index contributed by atoms with van der Waals surface area (Å²) in [5.74, 6) is 0.860. The Labute approximate surface area is 151 Å². The Bertz CT molecular complexity index is 806. The van der Waals surface area contributed by atoms with E-state index in [0.29, 0.717) is 34.2 Å². The maximum atomic E-state index is 12.6. The number of carbonyl (C=O) groups excluding carboxylic acids is 2. The standard InChI is InChI=1S/C19H21NO6/c1-11-8-14(26-12(2)21)6-7-15(11)20-19(22)13-9-16(23-3)18(25-5)17(10-13)24-4/h6-10H,1-5H3,(H,20,22). The molecule has 2 rings (SSSR count). The van der Waals surface area contributed by atoms with Gasteiger partial charge in [0.2, 0.25) is 5.75 Å². The van der Waals surface area contributed by atoms with E-state index < -0.39 is 5.97 Å². The van der Waals surface area contributed by atoms with E-state index in [-0.39, 0.29) is 5.91 Å². The summed E-state index contributed by atoms with van der Waals surface area (Å²) >= 11 is 0. The van der Waals surface area contributed by atoms with E-state index in [2.05, 4.69) is 5.32 Å². The van der Waals surface area contributed by atoms with Crippen molar-refractivity contribution in [3.05, 3.63) is 41.5 Å². The third kappa shape index (κ3) is 4.24. The maximum Gasteiger partial charge on any atom is 0.308 e. The molecule has 2 aromatic carbocycles. The number of hydrogen-bond acceptors (Lipinski definition) is 6. The highest BCUT2D eigenvalue weighted by molar-refractivity contribution is 6.05. The molecule has 0 aliphatic rings. The molecule has 0 radical (unpaired) electrons. The van der Waals surface area contributed by atoms with Gasteiger partial charge in [0.05, 0.1) is 21.3 Å². The Morgan fingerprint density at radius 1 is 0.923 bits per heavy atom. The van der Waals surface area contributed by atoms with Gasteiger partial charge in [-0.2, -0.15) is 0 Å². The van der Waals surface area contributed by atoms with Crippen LogP contribution in [0.3, 0.4) is 0 Å². The molecule has 7 nitrogen and oxygen atoms in total. The molecule has 26 heavy (non-hydrogen) atoms. The number of nitrogens with one attached hydrogen (secondary N) is 1. The average Bonchev–Trinajstić information content (AvgIpc) is 2.61. The van der Waals surface area contributed by atoms with Crippen LogP contribution in [0.25, 0.3) is 0 Å². The summed E-state index contributed by atoms with van der Waals surface area (Å²) in [7, 11) is 4.46. The third-order valence-electron chi connectivity index (χ3n) is 3.63. The molecule has 0 spiro atoms. The maximum absolute atomic E-state index is 12.6. The summed E-state index contributed by atoms with van der Waals surface area (Å²) in [6, 6.07) is 8.09. The van der Waals surface area contributed by atoms with Gasteiger partial charge in [-0.3, -0.25) is 9.59 Å². The largest absolute Gasteiger partial charge is 0.493 e. The van der Waals surface area contributed by atoms with Crippen LogP contribution in [0.15, 0.2) is 30.3 Å². The van der Waals surface area contributed by atoms with Crippen LogP contribution in [0, 0.1) is 6.92 Å². The zero-order valence-electron chi connectivity index (χ0n) is 15.3. The molecule has 0 fully saturated rings. The van der Waals surface area contributed by atoms with Crippen LogP contribution >= 0.6 is 0 Å². The van der Waals surface area contributed by atoms with Crippen molar-refractivity contribution >= 4 is 17.6 Å². The van der Waals surface area contributed by atoms with E-state index in [1.54, 1.807) is 37.3 Å². The first-order chi connectivity index (χ1) is 12.4. The van der Waals surface area contributed by atoms with Crippen molar-refractivity contribution < 1.29 is 28.5 Å². The molecule has 7 heteroatoms. The normalized spacial score (nSPS) is 10.0. The average molecular weight is 359 g/mol. The zero-order valence-corrected chi connectivity index (χ0v) is 15.3. The Kier molecular flexibility index (Phi) is 6.06. The summed E-state index contributed by atoms with van der Waals surface area (Å²) in [4.78, 5) is 23.6. The van der Waals surface area contributed by atoms with Crippen LogP contribution in [0.4, 0.5) is 5.69 Å². The van der Waals surface area contributed by atoms with Crippen LogP contribution < -0.4 is 24.3 Å². The highest BCUT2D eigenvalue weighted by atomic mass is 16.5. The Morgan fingerprint density at radius 2 is 1.54 bits per heavy atom. The minimum Gasteiger partial charge on any atom is -0.493 e. The lowest BCUT2D eigenvalue weighted by Gasteiger charge is -2.15. The van der Waals surface area contributed by atoms with Gasteiger partial charge in [-0.05, 0) is 42.8 Å². The van der Waals surface area contributed by atoms with Crippen molar-refractivity contribution in [2.45, 2.75) is 13.8 Å². The molecular weight excluding hydrogens is 338 g/mol. The lowest BCUT2D eigenvalue weighted by molar-refractivity contribution is -0.131. The third-order valence-corrected chi connectivity index (χ3v) is 3.63. The van der Waals surface area contributed by atoms with Crippen molar-refractivity contribution in [1.29, 1.82) is 0 Å². The number of anilines is 1. The zero-order chi connectivity index (χ0) is 19.3. The molecule has 0 heterocycles. The van der Waals surface area contributed by atoms with E-state index >= 15 is 0 Å². The number of ether oxygens (including phenoxy) is 4. The molecule has 1 amide bonds. The van der Waals surface area contributed by atoms with Crippen LogP contribution in [0.5, 0.6) is 23.0 Å². The first-order valence-corrected chi connectivity index (χ1v) is 7.80. The van der Waals surface area contributed by atoms with Gasteiger partial charge in [-0.15, -0.1) is 0 Å². The molecule has 0 unspecified atom stereocenters. The van der Waals surface area contributed by atoms with Gasteiger partial charge in [0.25, 0.3) is 5.91 Å². The fraction of sp³-hybridized carbons (Fsp3) is 0.263. The fourth-order valence-corrected chi connectivity index (χ4v) is 2.41. The van der Waals surface area contributed by atoms with Gasteiger partial charge in [0, 0.05) is 18.2 Å². The number of benzene rings is 2. The molecular formula is C19H21NO6. The lowest BCUT2D eigenvalue weighted by atomic mass is 10.1. The van der Waals surface area contributed by atoms with Crippen molar-refractivity contribution in [2.24, 2.45) is 0 Å². The predicted octanol–water partition coefficient (Wildman–Crippen LogP) is 3.20. The molecule has 0 aromatic heterocycles. The molecule has 0 aliphatic carbocycles. The van der Waals surface area contributed by atoms with E-state index in [4.69, 9.17) is 18.9 Å². The van der Waals surface area contributed by atoms with Crippen LogP contribution in [0.2, 0.25) is 0 Å². The van der Waals surface area contributed by atoms with Crippen LogP contribution in [0.1, 0.15) is 22.8 Å². The van der Waals surface area contributed by atoms with Gasteiger partial charge >= 0.3 is 5.97 Å². The Balaban J connectivity index is 2.28. The summed E-state index contributed by atoms with van der Waals surface area (Å²) in [6.45, 7) is 3.13. The summed E-state index contributed by atoms with van der Waals surface area (Å²) in [6.07, 6.45) is 0. The molecule has 1 N–H and O–H groups in total. The van der Waals surface area contributed by atoms with Gasteiger partial charge in [-0.25, -0.2) is 0 Å². The first-order valence-electron chi connectivity index (χ1n) is 7.80. The summed E-state index contributed by atoms with van der Waals surface area (Å²) in [5.41, 5.74) is 1.70. The number of hydrogen-bond donors (Lipinski definition) is 1. The molecule has 0 saturated heterocycles. The van der Waals surface area contributed by atoms with Crippen LogP contribution in [-0.2, 0) is 4.79 Å².